The molecule has 2 aliphatic heterocycles. The van der Waals surface area contributed by atoms with Crippen molar-refractivity contribution < 1.29 is 0 Å². The fourth-order valence-corrected chi connectivity index (χ4v) is 8.76. The molecule has 0 amide bonds. The van der Waals surface area contributed by atoms with E-state index in [1.807, 2.05) is 36.8 Å². The van der Waals surface area contributed by atoms with Crippen LogP contribution in [0.2, 0.25) is 0 Å². The molecule has 6 nitrogen and oxygen atoms in total. The normalized spacial score (nSPS) is 12.8. The maximum absolute atomic E-state index is 5.76. The second kappa shape index (κ2) is 23.4. The fraction of sp³-hybridized carbons (Fsp3) is 0.464. The highest BCUT2D eigenvalue weighted by Gasteiger charge is 2.17. The van der Waals surface area contributed by atoms with Gasteiger partial charge in [-0.15, -0.1) is 0 Å². The number of fused-ring (bicyclic) bond motifs is 3. The molecule has 5 heterocycles. The maximum Gasteiger partial charge on any atom is 0.0881 e. The van der Waals surface area contributed by atoms with E-state index in [1.165, 1.54) is 103 Å². The monoisotopic (exact) mass is 837 g/mol. The molecule has 62 heavy (non-hydrogen) atoms. The van der Waals surface area contributed by atoms with Gasteiger partial charge < -0.3 is 21.4 Å². The van der Waals surface area contributed by atoms with E-state index < -0.39 is 0 Å². The Morgan fingerprint density at radius 3 is 1.63 bits per heavy atom. The molecule has 0 aliphatic carbocycles. The molecule has 334 valence electrons. The van der Waals surface area contributed by atoms with Gasteiger partial charge in [-0.1, -0.05) is 118 Å². The quantitative estimate of drug-likeness (QED) is 0.130. The summed E-state index contributed by atoms with van der Waals surface area (Å²) >= 11 is 0. The van der Waals surface area contributed by atoms with E-state index in [-0.39, 0.29) is 0 Å². The largest absolute Gasteiger partial charge is 0.399 e. The Morgan fingerprint density at radius 1 is 0.500 bits per heavy atom. The van der Waals surface area contributed by atoms with Crippen molar-refractivity contribution in [3.8, 4) is 0 Å². The molecule has 0 saturated carbocycles. The molecule has 2 aliphatic rings. The minimum absolute atomic E-state index is 0.542. The number of pyridine rings is 2. The summed E-state index contributed by atoms with van der Waals surface area (Å²) in [6.07, 6.45) is 10.8. The van der Waals surface area contributed by atoms with Crippen LogP contribution >= 0.6 is 0 Å². The first kappa shape index (κ1) is 49.6. The molecule has 3 aromatic carbocycles. The van der Waals surface area contributed by atoms with Crippen LogP contribution in [0.5, 0.6) is 0 Å². The number of H-pyrrole nitrogens is 1. The van der Waals surface area contributed by atoms with Crippen molar-refractivity contribution >= 4 is 28.1 Å². The second-order valence-electron chi connectivity index (χ2n) is 18.8. The zero-order valence-corrected chi connectivity index (χ0v) is 41.1. The van der Waals surface area contributed by atoms with Crippen LogP contribution in [0.15, 0.2) is 79.3 Å². The number of nitrogens with zero attached hydrogens (tertiary/aromatic N) is 2. The number of aromatic nitrogens is 3. The molecule has 6 aromatic rings. The third-order valence-electron chi connectivity index (χ3n) is 12.5. The van der Waals surface area contributed by atoms with Gasteiger partial charge in [-0.05, 0) is 163 Å². The zero-order valence-electron chi connectivity index (χ0n) is 41.1. The van der Waals surface area contributed by atoms with E-state index in [0.29, 0.717) is 29.6 Å². The highest BCUT2D eigenvalue weighted by Crippen LogP contribution is 2.32. The van der Waals surface area contributed by atoms with Crippen molar-refractivity contribution in [3.05, 3.63) is 146 Å². The molecule has 6 heteroatoms. The van der Waals surface area contributed by atoms with E-state index in [4.69, 9.17) is 5.73 Å². The van der Waals surface area contributed by atoms with Crippen LogP contribution in [0.4, 0.5) is 17.1 Å². The van der Waals surface area contributed by atoms with Crippen LogP contribution in [-0.2, 0) is 12.8 Å². The Hall–Kier alpha value is -5.10. The summed E-state index contributed by atoms with van der Waals surface area (Å²) < 4.78 is 0. The third kappa shape index (κ3) is 13.0. The number of benzene rings is 3. The first-order chi connectivity index (χ1) is 29.4. The first-order valence-electron chi connectivity index (χ1n) is 23.4. The Labute approximate surface area is 376 Å². The number of nitrogens with one attached hydrogen (secondary N) is 3. The van der Waals surface area contributed by atoms with Gasteiger partial charge in [0, 0.05) is 43.1 Å². The van der Waals surface area contributed by atoms with Gasteiger partial charge in [-0.2, -0.15) is 0 Å². The predicted octanol–water partition coefficient (Wildman–Crippen LogP) is 15.2. The van der Waals surface area contributed by atoms with Gasteiger partial charge in [0.05, 0.1) is 22.4 Å². The molecule has 0 radical (unpaired) electrons. The van der Waals surface area contributed by atoms with Crippen LogP contribution in [0, 0.1) is 34.6 Å². The van der Waals surface area contributed by atoms with Gasteiger partial charge in [-0.25, -0.2) is 0 Å². The first-order valence-corrected chi connectivity index (χ1v) is 23.4. The lowest BCUT2D eigenvalue weighted by molar-refractivity contribution is 0.780. The van der Waals surface area contributed by atoms with E-state index >= 15 is 0 Å². The van der Waals surface area contributed by atoms with E-state index in [0.717, 1.165) is 30.7 Å². The lowest BCUT2D eigenvalue weighted by atomic mass is 9.91. The van der Waals surface area contributed by atoms with Crippen molar-refractivity contribution in [1.82, 2.24) is 15.0 Å². The Kier molecular flexibility index (Phi) is 18.7. The number of aromatic amines is 1. The molecule has 0 fully saturated rings. The van der Waals surface area contributed by atoms with Crippen LogP contribution in [0.25, 0.3) is 11.0 Å². The van der Waals surface area contributed by atoms with Gasteiger partial charge >= 0.3 is 0 Å². The predicted molar refractivity (Wildman–Crippen MR) is 272 cm³/mol. The smallest absolute Gasteiger partial charge is 0.0881 e. The minimum Gasteiger partial charge on any atom is -0.399 e. The van der Waals surface area contributed by atoms with Crippen molar-refractivity contribution in [3.63, 3.8) is 0 Å². The summed E-state index contributed by atoms with van der Waals surface area (Å²) in [6.45, 7) is 35.2. The Balaban J connectivity index is 0.000000171. The fourth-order valence-electron chi connectivity index (χ4n) is 8.76. The van der Waals surface area contributed by atoms with Crippen molar-refractivity contribution in [2.45, 2.75) is 159 Å². The number of hydrogen-bond acceptors (Lipinski definition) is 5. The van der Waals surface area contributed by atoms with Gasteiger partial charge in [0.2, 0.25) is 0 Å². The Morgan fingerprint density at radius 2 is 1.03 bits per heavy atom. The number of aryl methyl sites for hydroxylation is 4. The number of anilines is 3. The molecular weight excluding hydrogens is 757 g/mol. The molecule has 0 atom stereocenters. The van der Waals surface area contributed by atoms with Crippen LogP contribution in [-0.4, -0.2) is 28.0 Å². The van der Waals surface area contributed by atoms with Gasteiger partial charge in [0.1, 0.15) is 0 Å². The molecule has 0 unspecified atom stereocenters. The summed E-state index contributed by atoms with van der Waals surface area (Å²) in [5.41, 5.74) is 28.1. The van der Waals surface area contributed by atoms with E-state index in [9.17, 15) is 0 Å². The number of rotatable bonds is 5. The van der Waals surface area contributed by atoms with Gasteiger partial charge in [-0.3, -0.25) is 9.97 Å². The summed E-state index contributed by atoms with van der Waals surface area (Å²) in [6, 6.07) is 21.2. The van der Waals surface area contributed by atoms with Gasteiger partial charge in [0.25, 0.3) is 0 Å². The molecule has 5 N–H and O–H groups in total. The molecule has 0 bridgehead atoms. The van der Waals surface area contributed by atoms with E-state index in [2.05, 4.69) is 172 Å². The van der Waals surface area contributed by atoms with Crippen molar-refractivity contribution in [1.29, 1.82) is 0 Å². The standard InChI is InChI=1S/C13H19N.C12H18N2.C11H14N2.C10H15N.C10H14/c1-9(2)12-7-6-11-5-4-8-14-13(11)10(12)3;1-8(2)10-7-14-11-5-4-6-13-12(11)9(10)3;1-7(2)9-6-13-10-4-5-12-11(10)8(9)3;1-7(2)9-5-4-6-10(11)8(9)3;1-8(2)10-7-5-4-6-9(10)3/h6-7,9,14H,4-5,8H2,1-3H3;7-8,13H,4-6H2,1-3H3;4-7,12H,1-3H3;4-7H,11H2,1-3H3;4-8H,1-3H3. The topological polar surface area (TPSA) is 91.6 Å². The lowest BCUT2D eigenvalue weighted by Crippen LogP contribution is -2.15. The van der Waals surface area contributed by atoms with Crippen molar-refractivity contribution in [2.75, 3.05) is 29.5 Å². The van der Waals surface area contributed by atoms with E-state index in [1.54, 1.807) is 0 Å². The molecular formula is C56H80N6. The van der Waals surface area contributed by atoms with Crippen LogP contribution in [0.3, 0.4) is 0 Å². The second-order valence-corrected chi connectivity index (χ2v) is 18.8. The number of nitrogen functional groups attached to an aromatic ring is 1. The highest BCUT2D eigenvalue weighted by molar-refractivity contribution is 5.79. The number of nitrogens with two attached hydrogens (primary N) is 1. The summed E-state index contributed by atoms with van der Waals surface area (Å²) in [5.74, 6) is 2.96. The lowest BCUT2D eigenvalue weighted by Gasteiger charge is -2.23. The molecule has 0 saturated heterocycles. The molecule has 0 spiro atoms. The SMILES string of the molecule is Cc1c(C(C)C)ccc2c1NCCC2.Cc1c(C(C)C)cnc2c1NCCC2.Cc1c(C(C)C)cnc2cc[nH]c12.Cc1c(N)cccc1C(C)C.Cc1ccccc1C(C)C. The summed E-state index contributed by atoms with van der Waals surface area (Å²) in [7, 11) is 0. The Bertz CT molecular complexity index is 2260. The van der Waals surface area contributed by atoms with Crippen LogP contribution in [0.1, 0.15) is 179 Å². The average molecular weight is 837 g/mol. The zero-order chi connectivity index (χ0) is 45.7. The minimum atomic E-state index is 0.542. The van der Waals surface area contributed by atoms with Gasteiger partial charge in [0.15, 0.2) is 0 Å². The van der Waals surface area contributed by atoms with Crippen molar-refractivity contribution in [2.24, 2.45) is 0 Å². The van der Waals surface area contributed by atoms with Crippen LogP contribution < -0.4 is 16.4 Å². The highest BCUT2D eigenvalue weighted by atomic mass is 14.9. The summed E-state index contributed by atoms with van der Waals surface area (Å²) in [4.78, 5) is 12.2. The summed E-state index contributed by atoms with van der Waals surface area (Å²) in [5, 5.41) is 6.99. The third-order valence-corrected chi connectivity index (χ3v) is 12.5. The maximum atomic E-state index is 5.76. The molecule has 3 aromatic heterocycles. The number of hydrogen-bond donors (Lipinski definition) is 4. The molecule has 8 rings (SSSR count). The average Bonchev–Trinajstić information content (AvgIpc) is 3.73.